The van der Waals surface area contributed by atoms with E-state index in [1.54, 1.807) is 17.9 Å². The summed E-state index contributed by atoms with van der Waals surface area (Å²) in [6.45, 7) is 3.29. The highest BCUT2D eigenvalue weighted by molar-refractivity contribution is 7.89. The summed E-state index contributed by atoms with van der Waals surface area (Å²) in [5.41, 5.74) is 0.731. The van der Waals surface area contributed by atoms with Crippen molar-refractivity contribution in [2.45, 2.75) is 24.3 Å². The fourth-order valence-electron chi connectivity index (χ4n) is 3.71. The van der Waals surface area contributed by atoms with E-state index in [9.17, 15) is 13.2 Å². The van der Waals surface area contributed by atoms with Gasteiger partial charge < -0.3 is 4.90 Å². The molecule has 1 saturated heterocycles. The van der Waals surface area contributed by atoms with Crippen molar-refractivity contribution >= 4 is 44.8 Å². The first-order valence-electron chi connectivity index (χ1n) is 10.2. The molecule has 2 aromatic rings. The third-order valence-corrected chi connectivity index (χ3v) is 8.33. The number of rotatable bonds is 7. The smallest absolute Gasteiger partial charge is 0.246 e. The van der Waals surface area contributed by atoms with Crippen LogP contribution in [0.25, 0.3) is 0 Å². The van der Waals surface area contributed by atoms with Crippen molar-refractivity contribution in [2.24, 2.45) is 0 Å². The van der Waals surface area contributed by atoms with Gasteiger partial charge >= 0.3 is 0 Å². The zero-order valence-electron chi connectivity index (χ0n) is 17.6. The van der Waals surface area contributed by atoms with Crippen molar-refractivity contribution in [3.8, 4) is 6.07 Å². The van der Waals surface area contributed by atoms with E-state index in [4.69, 9.17) is 28.5 Å². The number of nitriles is 1. The van der Waals surface area contributed by atoms with E-state index in [0.717, 1.165) is 5.69 Å². The van der Waals surface area contributed by atoms with Gasteiger partial charge in [-0.1, -0.05) is 47.5 Å². The molecule has 0 radical (unpaired) electrons. The van der Waals surface area contributed by atoms with Gasteiger partial charge in [-0.25, -0.2) is 8.42 Å². The van der Waals surface area contributed by atoms with Gasteiger partial charge in [-0.05, 0) is 31.2 Å². The van der Waals surface area contributed by atoms with E-state index in [0.29, 0.717) is 19.6 Å². The molecule has 1 atom stereocenters. The number of amides is 1. The number of carbonyl (C=O) groups excluding carboxylic acids is 1. The Bertz CT molecular complexity index is 1080. The second-order valence-electron chi connectivity index (χ2n) is 7.40. The predicted octanol–water partition coefficient (Wildman–Crippen LogP) is 3.64. The molecule has 0 aliphatic carbocycles. The van der Waals surface area contributed by atoms with Crippen LogP contribution in [0.2, 0.25) is 10.0 Å². The Morgan fingerprint density at radius 3 is 2.22 bits per heavy atom. The normalized spacial score (nSPS) is 16.3. The number of sulfonamides is 1. The Morgan fingerprint density at radius 2 is 1.66 bits per heavy atom. The molecule has 1 fully saturated rings. The van der Waals surface area contributed by atoms with Gasteiger partial charge in [0, 0.05) is 38.4 Å². The van der Waals surface area contributed by atoms with Crippen molar-refractivity contribution < 1.29 is 13.2 Å². The maximum Gasteiger partial charge on any atom is 0.246 e. The number of anilines is 1. The molecule has 2 aromatic carbocycles. The van der Waals surface area contributed by atoms with Crippen LogP contribution in [0, 0.1) is 11.3 Å². The minimum atomic E-state index is -3.85. The summed E-state index contributed by atoms with van der Waals surface area (Å²) in [5, 5.41) is 9.16. The number of para-hydroxylation sites is 1. The average molecular weight is 495 g/mol. The minimum absolute atomic E-state index is 0.0828. The van der Waals surface area contributed by atoms with Crippen LogP contribution in [0.3, 0.4) is 0 Å². The summed E-state index contributed by atoms with van der Waals surface area (Å²) < 4.78 is 27.5. The fraction of sp³-hybridized carbons (Fsp3) is 0.364. The number of hydrogen-bond acceptors (Lipinski definition) is 5. The van der Waals surface area contributed by atoms with E-state index in [-0.39, 0.29) is 40.4 Å². The van der Waals surface area contributed by atoms with Crippen LogP contribution in [0.15, 0.2) is 53.4 Å². The topological polar surface area (TPSA) is 84.7 Å². The molecule has 170 valence electrons. The second kappa shape index (κ2) is 10.6. The highest BCUT2D eigenvalue weighted by atomic mass is 35.5. The van der Waals surface area contributed by atoms with E-state index in [1.807, 2.05) is 35.2 Å². The standard InChI is InChI=1S/C22H24Cl2N4O3S/c1-17(22(29)28(12-6-11-25)18-7-3-2-4-8-18)26-13-15-27(16-14-26)32(30,31)21-19(23)9-5-10-20(21)24/h2-5,7-10,17H,6,12-16H2,1H3/t17-/m1/s1. The molecular weight excluding hydrogens is 471 g/mol. The zero-order valence-corrected chi connectivity index (χ0v) is 19.9. The van der Waals surface area contributed by atoms with Crippen molar-refractivity contribution in [1.82, 2.24) is 9.21 Å². The number of carbonyl (C=O) groups is 1. The molecule has 0 saturated carbocycles. The van der Waals surface area contributed by atoms with Gasteiger partial charge in [-0.3, -0.25) is 9.69 Å². The van der Waals surface area contributed by atoms with Crippen LogP contribution in [0.5, 0.6) is 0 Å². The Kier molecular flexibility index (Phi) is 8.15. The monoisotopic (exact) mass is 494 g/mol. The largest absolute Gasteiger partial charge is 0.310 e. The first kappa shape index (κ1) is 24.5. The molecular formula is C22H24Cl2N4O3S. The van der Waals surface area contributed by atoms with Crippen molar-refractivity contribution in [1.29, 1.82) is 5.26 Å². The van der Waals surface area contributed by atoms with Crippen LogP contribution in [-0.4, -0.2) is 62.3 Å². The molecule has 0 aromatic heterocycles. The molecule has 1 aliphatic heterocycles. The molecule has 1 heterocycles. The molecule has 3 rings (SSSR count). The van der Waals surface area contributed by atoms with E-state index in [1.165, 1.54) is 16.4 Å². The summed E-state index contributed by atoms with van der Waals surface area (Å²) >= 11 is 12.2. The lowest BCUT2D eigenvalue weighted by atomic mass is 10.2. The lowest BCUT2D eigenvalue weighted by molar-refractivity contribution is -0.123. The molecule has 0 unspecified atom stereocenters. The Labute approximate surface area is 198 Å². The lowest BCUT2D eigenvalue weighted by Gasteiger charge is -2.38. The Balaban J connectivity index is 1.71. The van der Waals surface area contributed by atoms with E-state index >= 15 is 0 Å². The van der Waals surface area contributed by atoms with Crippen LogP contribution in [-0.2, 0) is 14.8 Å². The van der Waals surface area contributed by atoms with Gasteiger partial charge in [-0.2, -0.15) is 9.57 Å². The van der Waals surface area contributed by atoms with Crippen LogP contribution >= 0.6 is 23.2 Å². The molecule has 0 N–H and O–H groups in total. The summed E-state index contributed by atoms with van der Waals surface area (Å²) in [4.78, 5) is 16.7. The average Bonchev–Trinajstić information content (AvgIpc) is 2.79. The van der Waals surface area contributed by atoms with Gasteiger partial charge in [0.05, 0.1) is 28.6 Å². The maximum atomic E-state index is 13.2. The van der Waals surface area contributed by atoms with Gasteiger partial charge in [0.1, 0.15) is 4.90 Å². The molecule has 10 heteroatoms. The van der Waals surface area contributed by atoms with Gasteiger partial charge in [0.25, 0.3) is 0 Å². The summed E-state index contributed by atoms with van der Waals surface area (Å²) in [6, 6.07) is 15.4. The minimum Gasteiger partial charge on any atom is -0.310 e. The highest BCUT2D eigenvalue weighted by Crippen LogP contribution is 2.32. The summed E-state index contributed by atoms with van der Waals surface area (Å²) in [6.07, 6.45) is 0.220. The fourth-order valence-corrected chi connectivity index (χ4v) is 6.22. The third-order valence-electron chi connectivity index (χ3n) is 5.48. The summed E-state index contributed by atoms with van der Waals surface area (Å²) in [7, 11) is -3.85. The molecule has 1 amide bonds. The molecule has 0 spiro atoms. The third kappa shape index (κ3) is 5.25. The quantitative estimate of drug-likeness (QED) is 0.586. The van der Waals surface area contributed by atoms with Crippen molar-refractivity contribution in [3.05, 3.63) is 58.6 Å². The molecule has 0 bridgehead atoms. The first-order valence-corrected chi connectivity index (χ1v) is 12.4. The first-order chi connectivity index (χ1) is 15.3. The number of nitrogens with zero attached hydrogens (tertiary/aromatic N) is 4. The second-order valence-corrected chi connectivity index (χ2v) is 10.1. The van der Waals surface area contributed by atoms with Crippen LogP contribution in [0.1, 0.15) is 13.3 Å². The SMILES string of the molecule is C[C@H](C(=O)N(CCC#N)c1ccccc1)N1CCN(S(=O)(=O)c2c(Cl)cccc2Cl)CC1. The van der Waals surface area contributed by atoms with Gasteiger partial charge in [0.15, 0.2) is 0 Å². The van der Waals surface area contributed by atoms with E-state index in [2.05, 4.69) is 6.07 Å². The maximum absolute atomic E-state index is 13.2. The molecule has 32 heavy (non-hydrogen) atoms. The van der Waals surface area contributed by atoms with Crippen molar-refractivity contribution in [2.75, 3.05) is 37.6 Å². The summed E-state index contributed by atoms with van der Waals surface area (Å²) in [5.74, 6) is -0.128. The van der Waals surface area contributed by atoms with Gasteiger partial charge in [-0.15, -0.1) is 0 Å². The molecule has 1 aliphatic rings. The highest BCUT2D eigenvalue weighted by Gasteiger charge is 2.35. The van der Waals surface area contributed by atoms with Gasteiger partial charge in [0.2, 0.25) is 15.9 Å². The molecule has 7 nitrogen and oxygen atoms in total. The van der Waals surface area contributed by atoms with Crippen molar-refractivity contribution in [3.63, 3.8) is 0 Å². The number of halogens is 2. The lowest BCUT2D eigenvalue weighted by Crippen LogP contribution is -2.55. The predicted molar refractivity (Wildman–Crippen MR) is 125 cm³/mol. The van der Waals surface area contributed by atoms with Crippen LogP contribution < -0.4 is 4.90 Å². The number of benzene rings is 2. The Hall–Kier alpha value is -2.15. The van der Waals surface area contributed by atoms with E-state index < -0.39 is 16.1 Å². The Morgan fingerprint density at radius 1 is 1.06 bits per heavy atom. The van der Waals surface area contributed by atoms with Crippen LogP contribution in [0.4, 0.5) is 5.69 Å². The zero-order chi connectivity index (χ0) is 23.3. The number of piperazine rings is 1. The number of hydrogen-bond donors (Lipinski definition) is 0.